The van der Waals surface area contributed by atoms with Crippen LogP contribution in [0.25, 0.3) is 0 Å². The molecule has 0 bridgehead atoms. The van der Waals surface area contributed by atoms with E-state index in [1.807, 2.05) is 48.2 Å². The van der Waals surface area contributed by atoms with Gasteiger partial charge in [-0.2, -0.15) is 0 Å². The van der Waals surface area contributed by atoms with Crippen molar-refractivity contribution < 1.29 is 9.53 Å². The second-order valence-electron chi connectivity index (χ2n) is 7.76. The van der Waals surface area contributed by atoms with Crippen molar-refractivity contribution in [1.29, 1.82) is 0 Å². The Kier molecular flexibility index (Phi) is 6.40. The fraction of sp³-hybridized carbons (Fsp3) is 0.333. The smallest absolute Gasteiger partial charge is 0.227 e. The lowest BCUT2D eigenvalue weighted by molar-refractivity contribution is -0.130. The standard InChI is InChI=1S/C24H27N5O2/c1-17-14-20(28-24-25-11-5-12-26-24)15-21(27-17)19-10-13-29(16-19)23(30)9-8-18-6-3-4-7-22(18)31-2/h3-7,11-12,14-15,19H,8-10,13,16H2,1-2H3,(H,25,26,27,28)/t19-/m0/s1. The first-order valence-electron chi connectivity index (χ1n) is 10.5. The Morgan fingerprint density at radius 3 is 2.81 bits per heavy atom. The SMILES string of the molecule is COc1ccccc1CCC(=O)N1CC[C@H](c2cc(Nc3ncccn3)cc(C)n2)C1. The van der Waals surface area contributed by atoms with E-state index in [1.54, 1.807) is 25.6 Å². The lowest BCUT2D eigenvalue weighted by Gasteiger charge is -2.17. The summed E-state index contributed by atoms with van der Waals surface area (Å²) in [5.41, 5.74) is 3.90. The molecule has 0 saturated carbocycles. The van der Waals surface area contributed by atoms with Gasteiger partial charge in [-0.3, -0.25) is 9.78 Å². The maximum Gasteiger partial charge on any atom is 0.227 e. The number of para-hydroxylation sites is 1. The first kappa shape index (κ1) is 20.8. The number of carbonyl (C=O) groups excluding carboxylic acids is 1. The Labute approximate surface area is 182 Å². The molecule has 0 unspecified atom stereocenters. The Morgan fingerprint density at radius 1 is 1.19 bits per heavy atom. The van der Waals surface area contributed by atoms with Crippen LogP contribution < -0.4 is 10.1 Å². The van der Waals surface area contributed by atoms with Crippen LogP contribution in [0.2, 0.25) is 0 Å². The van der Waals surface area contributed by atoms with E-state index in [2.05, 4.69) is 15.3 Å². The molecule has 31 heavy (non-hydrogen) atoms. The van der Waals surface area contributed by atoms with E-state index in [0.717, 1.165) is 41.4 Å². The van der Waals surface area contributed by atoms with E-state index in [1.165, 1.54) is 0 Å². The molecular formula is C24H27N5O2. The molecule has 1 fully saturated rings. The number of nitrogens with zero attached hydrogens (tertiary/aromatic N) is 4. The quantitative estimate of drug-likeness (QED) is 0.628. The Hall–Kier alpha value is -3.48. The number of rotatable bonds is 7. The summed E-state index contributed by atoms with van der Waals surface area (Å²) in [6, 6.07) is 13.7. The van der Waals surface area contributed by atoms with Gasteiger partial charge in [-0.15, -0.1) is 0 Å². The van der Waals surface area contributed by atoms with Gasteiger partial charge in [0.2, 0.25) is 11.9 Å². The van der Waals surface area contributed by atoms with Gasteiger partial charge in [-0.25, -0.2) is 9.97 Å². The van der Waals surface area contributed by atoms with Crippen molar-refractivity contribution >= 4 is 17.5 Å². The molecule has 1 aliphatic rings. The zero-order chi connectivity index (χ0) is 21.6. The number of nitrogens with one attached hydrogen (secondary N) is 1. The number of carbonyl (C=O) groups is 1. The molecule has 160 valence electrons. The highest BCUT2D eigenvalue weighted by atomic mass is 16.5. The number of ether oxygens (including phenoxy) is 1. The minimum absolute atomic E-state index is 0.178. The van der Waals surface area contributed by atoms with Gasteiger partial charge in [0.1, 0.15) is 5.75 Å². The van der Waals surface area contributed by atoms with Crippen LogP contribution in [-0.4, -0.2) is 46.0 Å². The molecule has 0 radical (unpaired) electrons. The zero-order valence-corrected chi connectivity index (χ0v) is 17.9. The minimum Gasteiger partial charge on any atom is -0.496 e. The number of pyridine rings is 1. The molecule has 7 nitrogen and oxygen atoms in total. The summed E-state index contributed by atoms with van der Waals surface area (Å²) < 4.78 is 5.39. The van der Waals surface area contributed by atoms with Gasteiger partial charge in [0.25, 0.3) is 0 Å². The molecule has 0 spiro atoms. The largest absolute Gasteiger partial charge is 0.496 e. The van der Waals surface area contributed by atoms with Crippen molar-refractivity contribution in [2.75, 3.05) is 25.5 Å². The maximum absolute atomic E-state index is 12.8. The second kappa shape index (κ2) is 9.55. The van der Waals surface area contributed by atoms with Gasteiger partial charge >= 0.3 is 0 Å². The molecule has 3 aromatic rings. The molecule has 1 aliphatic heterocycles. The lowest BCUT2D eigenvalue weighted by Crippen LogP contribution is -2.28. The molecule has 1 amide bonds. The Bertz CT molecular complexity index is 1040. The summed E-state index contributed by atoms with van der Waals surface area (Å²) in [7, 11) is 1.66. The fourth-order valence-electron chi connectivity index (χ4n) is 4.01. The van der Waals surface area contributed by atoms with Crippen molar-refractivity contribution in [3.05, 3.63) is 71.8 Å². The lowest BCUT2D eigenvalue weighted by atomic mass is 10.0. The predicted molar refractivity (Wildman–Crippen MR) is 120 cm³/mol. The number of aryl methyl sites for hydroxylation is 2. The molecule has 1 aromatic carbocycles. The van der Waals surface area contributed by atoms with Crippen LogP contribution in [0.3, 0.4) is 0 Å². The average Bonchev–Trinajstić information content (AvgIpc) is 3.28. The number of anilines is 2. The topological polar surface area (TPSA) is 80.2 Å². The third kappa shape index (κ3) is 5.17. The van der Waals surface area contributed by atoms with Gasteiger partial charge in [0.15, 0.2) is 0 Å². The van der Waals surface area contributed by atoms with Crippen LogP contribution in [-0.2, 0) is 11.2 Å². The molecule has 7 heteroatoms. The van der Waals surface area contributed by atoms with E-state index in [4.69, 9.17) is 9.72 Å². The second-order valence-corrected chi connectivity index (χ2v) is 7.76. The number of benzene rings is 1. The highest BCUT2D eigenvalue weighted by Gasteiger charge is 2.28. The number of hydrogen-bond acceptors (Lipinski definition) is 6. The van der Waals surface area contributed by atoms with Crippen LogP contribution in [0.1, 0.15) is 35.7 Å². The number of amides is 1. The molecule has 4 rings (SSSR count). The van der Waals surface area contributed by atoms with Gasteiger partial charge in [0.05, 0.1) is 7.11 Å². The van der Waals surface area contributed by atoms with Crippen LogP contribution in [0.5, 0.6) is 5.75 Å². The maximum atomic E-state index is 12.8. The first-order valence-corrected chi connectivity index (χ1v) is 10.5. The first-order chi connectivity index (χ1) is 15.1. The van der Waals surface area contributed by atoms with Crippen LogP contribution in [0.4, 0.5) is 11.6 Å². The van der Waals surface area contributed by atoms with E-state index in [9.17, 15) is 4.79 Å². The van der Waals surface area contributed by atoms with Crippen LogP contribution in [0, 0.1) is 6.92 Å². The summed E-state index contributed by atoms with van der Waals surface area (Å²) >= 11 is 0. The molecule has 2 aromatic heterocycles. The molecule has 1 N–H and O–H groups in total. The van der Waals surface area contributed by atoms with E-state index >= 15 is 0 Å². The Morgan fingerprint density at radius 2 is 2.00 bits per heavy atom. The molecule has 3 heterocycles. The molecule has 0 aliphatic carbocycles. The summed E-state index contributed by atoms with van der Waals surface area (Å²) in [5, 5.41) is 3.24. The third-order valence-corrected chi connectivity index (χ3v) is 5.56. The number of aromatic nitrogens is 3. The Balaban J connectivity index is 1.38. The molecule has 1 atom stereocenters. The number of hydrogen-bond donors (Lipinski definition) is 1. The van der Waals surface area contributed by atoms with Crippen molar-refractivity contribution in [2.45, 2.75) is 32.1 Å². The number of likely N-dealkylation sites (tertiary alicyclic amines) is 1. The van der Waals surface area contributed by atoms with E-state index < -0.39 is 0 Å². The summed E-state index contributed by atoms with van der Waals surface area (Å²) in [4.78, 5) is 27.9. The predicted octanol–water partition coefficient (Wildman–Crippen LogP) is 3.88. The van der Waals surface area contributed by atoms with E-state index in [-0.39, 0.29) is 11.8 Å². The highest BCUT2D eigenvalue weighted by molar-refractivity contribution is 5.77. The molecule has 1 saturated heterocycles. The van der Waals surface area contributed by atoms with Gasteiger partial charge in [-0.1, -0.05) is 18.2 Å². The minimum atomic E-state index is 0.178. The van der Waals surface area contributed by atoms with Crippen molar-refractivity contribution in [3.63, 3.8) is 0 Å². The fourth-order valence-corrected chi connectivity index (χ4v) is 4.01. The van der Waals surface area contributed by atoms with Crippen LogP contribution in [0.15, 0.2) is 54.9 Å². The average molecular weight is 418 g/mol. The summed E-state index contributed by atoms with van der Waals surface area (Å²) in [6.45, 7) is 3.43. The molecular weight excluding hydrogens is 390 g/mol. The normalized spacial score (nSPS) is 15.7. The summed E-state index contributed by atoms with van der Waals surface area (Å²) in [5.74, 6) is 1.80. The number of methoxy groups -OCH3 is 1. The third-order valence-electron chi connectivity index (χ3n) is 5.56. The zero-order valence-electron chi connectivity index (χ0n) is 17.9. The monoisotopic (exact) mass is 417 g/mol. The highest BCUT2D eigenvalue weighted by Crippen LogP contribution is 2.29. The van der Waals surface area contributed by atoms with E-state index in [0.29, 0.717) is 25.3 Å². The van der Waals surface area contributed by atoms with Gasteiger partial charge in [-0.05, 0) is 49.6 Å². The van der Waals surface area contributed by atoms with Crippen LogP contribution >= 0.6 is 0 Å². The van der Waals surface area contributed by atoms with Gasteiger partial charge in [0, 0.05) is 54.9 Å². The van der Waals surface area contributed by atoms with Crippen molar-refractivity contribution in [3.8, 4) is 5.75 Å². The van der Waals surface area contributed by atoms with Gasteiger partial charge < -0.3 is 15.0 Å². The van der Waals surface area contributed by atoms with Crippen molar-refractivity contribution in [1.82, 2.24) is 19.9 Å². The summed E-state index contributed by atoms with van der Waals surface area (Å²) in [6.07, 6.45) is 5.48. The van der Waals surface area contributed by atoms with Crippen molar-refractivity contribution in [2.24, 2.45) is 0 Å².